The van der Waals surface area contributed by atoms with Gasteiger partial charge in [-0.25, -0.2) is 4.79 Å². The zero-order valence-electron chi connectivity index (χ0n) is 13.4. The monoisotopic (exact) mass is 325 g/mol. The van der Waals surface area contributed by atoms with E-state index in [-0.39, 0.29) is 5.91 Å². The maximum absolute atomic E-state index is 12.8. The van der Waals surface area contributed by atoms with Crippen LogP contribution in [0.25, 0.3) is 11.1 Å². The van der Waals surface area contributed by atoms with Crippen LogP contribution in [-0.2, 0) is 4.79 Å². The number of carbonyl (C=O) groups is 2. The van der Waals surface area contributed by atoms with Crippen LogP contribution < -0.4 is 4.74 Å². The Hall–Kier alpha value is -2.82. The summed E-state index contributed by atoms with van der Waals surface area (Å²) in [5.41, 5.74) is 2.23. The van der Waals surface area contributed by atoms with Gasteiger partial charge in [-0.05, 0) is 36.6 Å². The first-order chi connectivity index (χ1) is 11.6. The number of hydrogen-bond acceptors (Lipinski definition) is 3. The van der Waals surface area contributed by atoms with Crippen LogP contribution in [0.2, 0.25) is 0 Å². The Morgan fingerprint density at radius 1 is 1.17 bits per heavy atom. The molecule has 1 N–H and O–H groups in total. The number of amides is 1. The van der Waals surface area contributed by atoms with Crippen molar-refractivity contribution in [2.75, 3.05) is 13.7 Å². The number of carboxylic acids is 1. The van der Waals surface area contributed by atoms with Gasteiger partial charge in [0.25, 0.3) is 5.91 Å². The molecule has 24 heavy (non-hydrogen) atoms. The standard InChI is InChI=1S/C19H19NO4/c1-24-17-10-9-14(12-15(17)13-6-3-2-4-7-13)18(21)20-11-5-8-16(20)19(22)23/h2-4,6-7,9-10,12,16H,5,8,11H2,1H3,(H,22,23)/t16-/m1/s1. The fourth-order valence-corrected chi connectivity index (χ4v) is 3.12. The smallest absolute Gasteiger partial charge is 0.326 e. The molecule has 1 heterocycles. The van der Waals surface area contributed by atoms with Gasteiger partial charge in [-0.15, -0.1) is 0 Å². The molecule has 0 spiro atoms. The third-order valence-electron chi connectivity index (χ3n) is 4.33. The molecule has 5 nitrogen and oxygen atoms in total. The van der Waals surface area contributed by atoms with E-state index in [9.17, 15) is 14.7 Å². The first kappa shape index (κ1) is 16.1. The molecule has 124 valence electrons. The number of methoxy groups -OCH3 is 1. The van der Waals surface area contributed by atoms with Gasteiger partial charge in [-0.2, -0.15) is 0 Å². The lowest BCUT2D eigenvalue weighted by atomic mass is 10.0. The molecule has 1 atom stereocenters. The molecule has 1 aliphatic rings. The largest absolute Gasteiger partial charge is 0.496 e. The lowest BCUT2D eigenvalue weighted by Crippen LogP contribution is -2.40. The van der Waals surface area contributed by atoms with E-state index in [1.807, 2.05) is 30.3 Å². The Morgan fingerprint density at radius 2 is 1.92 bits per heavy atom. The van der Waals surface area contributed by atoms with Gasteiger partial charge in [0.1, 0.15) is 11.8 Å². The number of ether oxygens (including phenoxy) is 1. The molecule has 2 aromatic rings. The summed E-state index contributed by atoms with van der Waals surface area (Å²) in [6.07, 6.45) is 1.22. The minimum absolute atomic E-state index is 0.250. The normalized spacial score (nSPS) is 16.9. The Bertz CT molecular complexity index is 757. The molecule has 1 aliphatic heterocycles. The van der Waals surface area contributed by atoms with Crippen molar-refractivity contribution in [2.45, 2.75) is 18.9 Å². The Balaban J connectivity index is 1.97. The third kappa shape index (κ3) is 2.97. The summed E-state index contributed by atoms with van der Waals surface area (Å²) < 4.78 is 5.40. The minimum atomic E-state index is -0.947. The molecule has 3 rings (SSSR count). The molecular weight excluding hydrogens is 306 g/mol. The zero-order valence-corrected chi connectivity index (χ0v) is 13.4. The molecule has 0 radical (unpaired) electrons. The predicted molar refractivity (Wildman–Crippen MR) is 90.1 cm³/mol. The summed E-state index contributed by atoms with van der Waals surface area (Å²) in [7, 11) is 1.59. The van der Waals surface area contributed by atoms with Crippen LogP contribution in [0.4, 0.5) is 0 Å². The number of nitrogens with zero attached hydrogens (tertiary/aromatic N) is 1. The number of rotatable bonds is 4. The minimum Gasteiger partial charge on any atom is -0.496 e. The Labute approximate surface area is 140 Å². The number of carboxylic acid groups (broad SMARTS) is 1. The molecule has 0 aromatic heterocycles. The van der Waals surface area contributed by atoms with E-state index in [0.717, 1.165) is 11.1 Å². The van der Waals surface area contributed by atoms with Crippen LogP contribution in [0, 0.1) is 0 Å². The maximum atomic E-state index is 12.8. The van der Waals surface area contributed by atoms with Gasteiger partial charge in [0.15, 0.2) is 0 Å². The molecular formula is C19H19NO4. The quantitative estimate of drug-likeness (QED) is 0.938. The second-order valence-electron chi connectivity index (χ2n) is 5.78. The summed E-state index contributed by atoms with van der Waals surface area (Å²) in [6, 6.07) is 14.1. The van der Waals surface area contributed by atoms with Gasteiger partial charge in [0.05, 0.1) is 7.11 Å². The van der Waals surface area contributed by atoms with E-state index >= 15 is 0 Å². The highest BCUT2D eigenvalue weighted by Gasteiger charge is 2.34. The van der Waals surface area contributed by atoms with Crippen LogP contribution in [0.3, 0.4) is 0 Å². The second kappa shape index (κ2) is 6.74. The van der Waals surface area contributed by atoms with Crippen molar-refractivity contribution < 1.29 is 19.4 Å². The lowest BCUT2D eigenvalue weighted by Gasteiger charge is -2.22. The number of carbonyl (C=O) groups excluding carboxylic acids is 1. The molecule has 0 saturated carbocycles. The summed E-state index contributed by atoms with van der Waals surface area (Å²) >= 11 is 0. The summed E-state index contributed by atoms with van der Waals surface area (Å²) in [5, 5.41) is 9.28. The van der Waals surface area contributed by atoms with Crippen LogP contribution in [0.15, 0.2) is 48.5 Å². The van der Waals surface area contributed by atoms with Gasteiger partial charge >= 0.3 is 5.97 Å². The summed E-state index contributed by atoms with van der Waals surface area (Å²) in [6.45, 7) is 0.475. The van der Waals surface area contributed by atoms with Crippen molar-refractivity contribution in [3.63, 3.8) is 0 Å². The maximum Gasteiger partial charge on any atom is 0.326 e. The zero-order chi connectivity index (χ0) is 17.1. The van der Waals surface area contributed by atoms with Crippen LogP contribution in [-0.4, -0.2) is 41.6 Å². The second-order valence-corrected chi connectivity index (χ2v) is 5.78. The Kier molecular flexibility index (Phi) is 4.51. The molecule has 0 aliphatic carbocycles. The van der Waals surface area contributed by atoms with Crippen molar-refractivity contribution in [1.82, 2.24) is 4.90 Å². The average Bonchev–Trinajstić information content (AvgIpc) is 3.11. The van der Waals surface area contributed by atoms with Gasteiger partial charge < -0.3 is 14.7 Å². The number of benzene rings is 2. The fourth-order valence-electron chi connectivity index (χ4n) is 3.12. The van der Waals surface area contributed by atoms with Gasteiger partial charge in [0, 0.05) is 17.7 Å². The van der Waals surface area contributed by atoms with Crippen LogP contribution >= 0.6 is 0 Å². The van der Waals surface area contributed by atoms with Crippen LogP contribution in [0.5, 0.6) is 5.75 Å². The van der Waals surface area contributed by atoms with E-state index in [0.29, 0.717) is 30.7 Å². The van der Waals surface area contributed by atoms with Crippen molar-refractivity contribution in [3.8, 4) is 16.9 Å². The lowest BCUT2D eigenvalue weighted by molar-refractivity contribution is -0.141. The predicted octanol–water partition coefficient (Wildman–Crippen LogP) is 3.05. The van der Waals surface area contributed by atoms with E-state index in [4.69, 9.17) is 4.74 Å². The van der Waals surface area contributed by atoms with Gasteiger partial charge in [0.2, 0.25) is 0 Å². The molecule has 1 fully saturated rings. The topological polar surface area (TPSA) is 66.8 Å². The number of aliphatic carboxylic acids is 1. The highest BCUT2D eigenvalue weighted by molar-refractivity contribution is 5.98. The molecule has 1 amide bonds. The van der Waals surface area contributed by atoms with Crippen molar-refractivity contribution >= 4 is 11.9 Å². The van der Waals surface area contributed by atoms with Crippen molar-refractivity contribution in [1.29, 1.82) is 0 Å². The first-order valence-corrected chi connectivity index (χ1v) is 7.89. The number of likely N-dealkylation sites (tertiary alicyclic amines) is 1. The fraction of sp³-hybridized carbons (Fsp3) is 0.263. The Morgan fingerprint density at radius 3 is 2.58 bits per heavy atom. The first-order valence-electron chi connectivity index (χ1n) is 7.89. The average molecular weight is 325 g/mol. The van der Waals surface area contributed by atoms with Crippen molar-refractivity contribution in [2.24, 2.45) is 0 Å². The van der Waals surface area contributed by atoms with Crippen LogP contribution in [0.1, 0.15) is 23.2 Å². The van der Waals surface area contributed by atoms with Gasteiger partial charge in [-0.1, -0.05) is 30.3 Å². The van der Waals surface area contributed by atoms with E-state index < -0.39 is 12.0 Å². The molecule has 2 aromatic carbocycles. The SMILES string of the molecule is COc1ccc(C(=O)N2CCC[C@@H]2C(=O)O)cc1-c1ccccc1. The van der Waals surface area contributed by atoms with E-state index in [1.165, 1.54) is 4.90 Å². The van der Waals surface area contributed by atoms with Crippen molar-refractivity contribution in [3.05, 3.63) is 54.1 Å². The highest BCUT2D eigenvalue weighted by atomic mass is 16.5. The molecule has 0 unspecified atom stereocenters. The highest BCUT2D eigenvalue weighted by Crippen LogP contribution is 2.32. The molecule has 0 bridgehead atoms. The third-order valence-corrected chi connectivity index (χ3v) is 4.33. The molecule has 5 heteroatoms. The summed E-state index contributed by atoms with van der Waals surface area (Å²) in [4.78, 5) is 25.5. The van der Waals surface area contributed by atoms with E-state index in [2.05, 4.69) is 0 Å². The number of hydrogen-bond donors (Lipinski definition) is 1. The van der Waals surface area contributed by atoms with E-state index in [1.54, 1.807) is 25.3 Å². The summed E-state index contributed by atoms with van der Waals surface area (Å²) in [5.74, 6) is -0.522. The molecule has 1 saturated heterocycles. The van der Waals surface area contributed by atoms with Gasteiger partial charge in [-0.3, -0.25) is 4.79 Å².